The Morgan fingerprint density at radius 2 is 2.18 bits per heavy atom. The van der Waals surface area contributed by atoms with Gasteiger partial charge in [0.05, 0.1) is 0 Å². The lowest BCUT2D eigenvalue weighted by Crippen LogP contribution is -2.05. The highest BCUT2D eigenvalue weighted by atomic mass is 16.1. The molecule has 0 saturated heterocycles. The van der Waals surface area contributed by atoms with Crippen LogP contribution < -0.4 is 0 Å². The van der Waals surface area contributed by atoms with E-state index in [9.17, 15) is 4.79 Å². The molecule has 0 N–H and O–H groups in total. The van der Waals surface area contributed by atoms with Gasteiger partial charge in [0.2, 0.25) is 0 Å². The Bertz CT molecular complexity index is 156. The van der Waals surface area contributed by atoms with Crippen LogP contribution in [0.5, 0.6) is 0 Å². The molecule has 0 rings (SSSR count). The molecule has 1 nitrogen and oxygen atoms in total. The molecule has 0 fully saturated rings. The summed E-state index contributed by atoms with van der Waals surface area (Å²) in [5.74, 6) is 0.223. The number of carbonyl (C=O) groups excluding carboxylic acids is 1. The smallest absolute Gasteiger partial charge is 0.158 e. The summed E-state index contributed by atoms with van der Waals surface area (Å²) in [5, 5.41) is 0. The molecule has 1 unspecified atom stereocenters. The van der Waals surface area contributed by atoms with Crippen molar-refractivity contribution in [1.82, 2.24) is 0 Å². The zero-order chi connectivity index (χ0) is 8.69. The molecule has 1 atom stereocenters. The monoisotopic (exact) mass is 152 g/mol. The SMILES string of the molecule is C=CC(=O)C(C)C/C=C\CC. The van der Waals surface area contributed by atoms with Gasteiger partial charge in [0.25, 0.3) is 0 Å². The van der Waals surface area contributed by atoms with Crippen molar-refractivity contribution in [3.8, 4) is 0 Å². The van der Waals surface area contributed by atoms with Gasteiger partial charge >= 0.3 is 0 Å². The molecule has 0 aliphatic heterocycles. The van der Waals surface area contributed by atoms with Gasteiger partial charge in [-0.15, -0.1) is 0 Å². The van der Waals surface area contributed by atoms with Gasteiger partial charge in [-0.25, -0.2) is 0 Å². The molecule has 0 spiro atoms. The minimum absolute atomic E-state index is 0.0929. The van der Waals surface area contributed by atoms with E-state index in [1.165, 1.54) is 6.08 Å². The molecule has 0 saturated carbocycles. The van der Waals surface area contributed by atoms with Gasteiger partial charge in [-0.1, -0.05) is 32.6 Å². The van der Waals surface area contributed by atoms with E-state index in [-0.39, 0.29) is 11.7 Å². The van der Waals surface area contributed by atoms with Crippen LogP contribution in [-0.2, 0) is 4.79 Å². The summed E-state index contributed by atoms with van der Waals surface area (Å²) >= 11 is 0. The fraction of sp³-hybridized carbons (Fsp3) is 0.500. The topological polar surface area (TPSA) is 17.1 Å². The van der Waals surface area contributed by atoms with E-state index in [1.54, 1.807) is 0 Å². The van der Waals surface area contributed by atoms with E-state index in [0.29, 0.717) is 0 Å². The van der Waals surface area contributed by atoms with Crippen LogP contribution in [0.3, 0.4) is 0 Å². The Morgan fingerprint density at radius 1 is 1.55 bits per heavy atom. The summed E-state index contributed by atoms with van der Waals surface area (Å²) in [6.07, 6.45) is 7.39. The third-order valence-corrected chi connectivity index (χ3v) is 1.58. The summed E-state index contributed by atoms with van der Waals surface area (Å²) in [6.45, 7) is 7.44. The maximum atomic E-state index is 11.0. The number of hydrogen-bond donors (Lipinski definition) is 0. The molecule has 0 amide bonds. The van der Waals surface area contributed by atoms with Crippen LogP contribution in [0.25, 0.3) is 0 Å². The summed E-state index contributed by atoms with van der Waals surface area (Å²) in [6, 6.07) is 0. The molecule has 11 heavy (non-hydrogen) atoms. The minimum Gasteiger partial charge on any atom is -0.295 e. The largest absolute Gasteiger partial charge is 0.295 e. The van der Waals surface area contributed by atoms with Gasteiger partial charge in [0.15, 0.2) is 5.78 Å². The van der Waals surface area contributed by atoms with Crippen molar-refractivity contribution in [2.75, 3.05) is 0 Å². The third-order valence-electron chi connectivity index (χ3n) is 1.58. The predicted octanol–water partition coefficient (Wildman–Crippen LogP) is 2.73. The first kappa shape index (κ1) is 10.2. The van der Waals surface area contributed by atoms with E-state index in [4.69, 9.17) is 0 Å². The second-order valence-corrected chi connectivity index (χ2v) is 2.62. The Morgan fingerprint density at radius 3 is 2.64 bits per heavy atom. The van der Waals surface area contributed by atoms with Crippen LogP contribution in [0, 0.1) is 5.92 Å². The highest BCUT2D eigenvalue weighted by molar-refractivity contribution is 5.90. The van der Waals surface area contributed by atoms with Crippen molar-refractivity contribution < 1.29 is 4.79 Å². The van der Waals surface area contributed by atoms with Crippen molar-refractivity contribution in [2.24, 2.45) is 5.92 Å². The van der Waals surface area contributed by atoms with Crippen molar-refractivity contribution in [3.63, 3.8) is 0 Å². The number of carbonyl (C=O) groups is 1. The predicted molar refractivity (Wildman–Crippen MR) is 48.4 cm³/mol. The summed E-state index contributed by atoms with van der Waals surface area (Å²) in [5.41, 5.74) is 0. The molecule has 0 aliphatic rings. The Hall–Kier alpha value is -0.850. The molecule has 0 aromatic carbocycles. The first-order valence-corrected chi connectivity index (χ1v) is 4.03. The van der Waals surface area contributed by atoms with Crippen molar-refractivity contribution >= 4 is 5.78 Å². The van der Waals surface area contributed by atoms with E-state index in [2.05, 4.69) is 19.6 Å². The van der Waals surface area contributed by atoms with E-state index in [1.807, 2.05) is 13.0 Å². The van der Waals surface area contributed by atoms with Crippen LogP contribution in [0.4, 0.5) is 0 Å². The number of allylic oxidation sites excluding steroid dienone is 3. The lowest BCUT2D eigenvalue weighted by atomic mass is 10.0. The molecule has 0 bridgehead atoms. The normalized spacial score (nSPS) is 13.3. The lowest BCUT2D eigenvalue weighted by Gasteiger charge is -2.01. The first-order chi connectivity index (χ1) is 5.22. The van der Waals surface area contributed by atoms with Crippen molar-refractivity contribution in [2.45, 2.75) is 26.7 Å². The van der Waals surface area contributed by atoms with Crippen LogP contribution in [-0.4, -0.2) is 5.78 Å². The van der Waals surface area contributed by atoms with E-state index < -0.39 is 0 Å². The molecular weight excluding hydrogens is 136 g/mol. The fourth-order valence-corrected chi connectivity index (χ4v) is 0.784. The second kappa shape index (κ2) is 5.90. The fourth-order valence-electron chi connectivity index (χ4n) is 0.784. The highest BCUT2D eigenvalue weighted by Gasteiger charge is 2.05. The number of ketones is 1. The quantitative estimate of drug-likeness (QED) is 0.437. The Labute approximate surface area is 68.8 Å². The lowest BCUT2D eigenvalue weighted by molar-refractivity contribution is -0.117. The molecule has 1 heteroatoms. The summed E-state index contributed by atoms with van der Waals surface area (Å²) in [4.78, 5) is 11.0. The average molecular weight is 152 g/mol. The van der Waals surface area contributed by atoms with Gasteiger partial charge in [-0.2, -0.15) is 0 Å². The molecule has 62 valence electrons. The molecule has 0 aromatic rings. The van der Waals surface area contributed by atoms with E-state index >= 15 is 0 Å². The van der Waals surface area contributed by atoms with Crippen LogP contribution >= 0.6 is 0 Å². The van der Waals surface area contributed by atoms with Gasteiger partial charge in [0, 0.05) is 5.92 Å². The van der Waals surface area contributed by atoms with Crippen molar-refractivity contribution in [3.05, 3.63) is 24.8 Å². The molecule has 0 aromatic heterocycles. The number of hydrogen-bond acceptors (Lipinski definition) is 1. The van der Waals surface area contributed by atoms with Crippen molar-refractivity contribution in [1.29, 1.82) is 0 Å². The zero-order valence-corrected chi connectivity index (χ0v) is 7.34. The Balaban J connectivity index is 3.68. The van der Waals surface area contributed by atoms with Crippen LogP contribution in [0.15, 0.2) is 24.8 Å². The first-order valence-electron chi connectivity index (χ1n) is 4.03. The zero-order valence-electron chi connectivity index (χ0n) is 7.34. The van der Waals surface area contributed by atoms with E-state index in [0.717, 1.165) is 12.8 Å². The molecular formula is C10H16O. The maximum Gasteiger partial charge on any atom is 0.158 e. The molecule has 0 heterocycles. The maximum absolute atomic E-state index is 11.0. The summed E-state index contributed by atoms with van der Waals surface area (Å²) in [7, 11) is 0. The minimum atomic E-state index is 0.0929. The third kappa shape index (κ3) is 4.54. The van der Waals surface area contributed by atoms with Gasteiger partial charge in [-0.05, 0) is 18.9 Å². The number of rotatable bonds is 5. The van der Waals surface area contributed by atoms with Gasteiger partial charge < -0.3 is 0 Å². The summed E-state index contributed by atoms with van der Waals surface area (Å²) < 4.78 is 0. The Kier molecular flexibility index (Phi) is 5.44. The highest BCUT2D eigenvalue weighted by Crippen LogP contribution is 2.04. The van der Waals surface area contributed by atoms with Crippen LogP contribution in [0.2, 0.25) is 0 Å². The van der Waals surface area contributed by atoms with Crippen LogP contribution in [0.1, 0.15) is 26.7 Å². The van der Waals surface area contributed by atoms with Gasteiger partial charge in [0.1, 0.15) is 0 Å². The molecule has 0 aliphatic carbocycles. The standard InChI is InChI=1S/C10H16O/c1-4-6-7-8-9(3)10(11)5-2/h5-7,9H,2,4,8H2,1,3H3/b7-6-. The molecule has 0 radical (unpaired) electrons. The van der Waals surface area contributed by atoms with Gasteiger partial charge in [-0.3, -0.25) is 4.79 Å². The average Bonchev–Trinajstić information content (AvgIpc) is 2.03. The second-order valence-electron chi connectivity index (χ2n) is 2.62.